The lowest BCUT2D eigenvalue weighted by atomic mass is 10.0. The predicted octanol–water partition coefficient (Wildman–Crippen LogP) is 0.592. The summed E-state index contributed by atoms with van der Waals surface area (Å²) in [5.74, 6) is 0.577. The van der Waals surface area contributed by atoms with E-state index in [2.05, 4.69) is 24.1 Å². The third-order valence-electron chi connectivity index (χ3n) is 3.37. The van der Waals surface area contributed by atoms with Crippen molar-refractivity contribution in [1.82, 2.24) is 10.2 Å². The molecule has 3 N–H and O–H groups in total. The molecule has 0 fully saturated rings. The van der Waals surface area contributed by atoms with Crippen LogP contribution in [0.5, 0.6) is 0 Å². The molecule has 0 aromatic carbocycles. The summed E-state index contributed by atoms with van der Waals surface area (Å²) in [6, 6.07) is 0.415. The van der Waals surface area contributed by atoms with Gasteiger partial charge in [-0.3, -0.25) is 4.79 Å². The van der Waals surface area contributed by atoms with E-state index in [0.717, 1.165) is 6.42 Å². The van der Waals surface area contributed by atoms with E-state index in [1.54, 1.807) is 0 Å². The number of hydrogen-bond acceptors (Lipinski definition) is 3. The second-order valence-corrected chi connectivity index (χ2v) is 5.41. The van der Waals surface area contributed by atoms with Crippen molar-refractivity contribution >= 4 is 5.91 Å². The topological polar surface area (TPSA) is 58.4 Å². The summed E-state index contributed by atoms with van der Waals surface area (Å²) >= 11 is 0. The van der Waals surface area contributed by atoms with Gasteiger partial charge in [0, 0.05) is 18.6 Å². The monoisotopic (exact) mass is 239 g/mol. The molecule has 98 valence electrons. The van der Waals surface area contributed by atoms with Crippen LogP contribution in [-0.4, -0.2) is 43.5 Å². The highest BCUT2D eigenvalue weighted by molar-refractivity contribution is 5.81. The average Bonchev–Trinajstić information content (AvgIpc) is 2.63. The molecule has 0 aliphatic heterocycles. The average molecular weight is 239 g/mol. The number of carbonyl (C=O) groups is 1. The van der Waals surface area contributed by atoms with Crippen molar-refractivity contribution in [2.75, 3.05) is 20.6 Å². The summed E-state index contributed by atoms with van der Waals surface area (Å²) < 4.78 is 0. The van der Waals surface area contributed by atoms with Gasteiger partial charge in [-0.05, 0) is 26.4 Å². The molecule has 4 nitrogen and oxygen atoms in total. The maximum atomic E-state index is 11.9. The maximum absolute atomic E-state index is 11.9. The second kappa shape index (κ2) is 6.17. The summed E-state index contributed by atoms with van der Waals surface area (Å²) in [5, 5.41) is 3.02. The van der Waals surface area contributed by atoms with Crippen LogP contribution in [0.3, 0.4) is 0 Å². The highest BCUT2D eigenvalue weighted by atomic mass is 16.1. The lowest BCUT2D eigenvalue weighted by molar-refractivity contribution is -0.123. The SMILES string of the molecule is CC(C)C(CNC(=O)C1C=CC(N)C1)N(C)C. The quantitative estimate of drug-likeness (QED) is 0.690. The summed E-state index contributed by atoms with van der Waals surface area (Å²) in [5.41, 5.74) is 5.74. The molecule has 1 aliphatic carbocycles. The number of hydrogen-bond donors (Lipinski definition) is 2. The Morgan fingerprint density at radius 2 is 2.12 bits per heavy atom. The first-order valence-corrected chi connectivity index (χ1v) is 6.30. The van der Waals surface area contributed by atoms with Gasteiger partial charge in [-0.2, -0.15) is 0 Å². The molecule has 0 saturated carbocycles. The number of likely N-dealkylation sites (N-methyl/N-ethyl adjacent to an activating group) is 1. The van der Waals surface area contributed by atoms with Crippen molar-refractivity contribution in [3.63, 3.8) is 0 Å². The van der Waals surface area contributed by atoms with E-state index in [0.29, 0.717) is 18.5 Å². The van der Waals surface area contributed by atoms with Crippen molar-refractivity contribution in [3.05, 3.63) is 12.2 Å². The van der Waals surface area contributed by atoms with Crippen LogP contribution in [0.25, 0.3) is 0 Å². The minimum Gasteiger partial charge on any atom is -0.354 e. The fourth-order valence-electron chi connectivity index (χ4n) is 2.27. The molecule has 3 atom stereocenters. The molecule has 17 heavy (non-hydrogen) atoms. The Morgan fingerprint density at radius 1 is 1.47 bits per heavy atom. The van der Waals surface area contributed by atoms with Gasteiger partial charge in [-0.1, -0.05) is 26.0 Å². The minimum absolute atomic E-state index is 0.0417. The van der Waals surface area contributed by atoms with Crippen LogP contribution >= 0.6 is 0 Å². The van der Waals surface area contributed by atoms with Gasteiger partial charge in [0.05, 0.1) is 5.92 Å². The zero-order chi connectivity index (χ0) is 13.0. The largest absolute Gasteiger partial charge is 0.354 e. The van der Waals surface area contributed by atoms with Gasteiger partial charge >= 0.3 is 0 Å². The number of nitrogens with two attached hydrogens (primary N) is 1. The number of rotatable bonds is 5. The zero-order valence-corrected chi connectivity index (χ0v) is 11.3. The molecule has 0 radical (unpaired) electrons. The lowest BCUT2D eigenvalue weighted by Crippen LogP contribution is -2.44. The van der Waals surface area contributed by atoms with E-state index < -0.39 is 0 Å². The van der Waals surface area contributed by atoms with E-state index >= 15 is 0 Å². The maximum Gasteiger partial charge on any atom is 0.227 e. The first-order valence-electron chi connectivity index (χ1n) is 6.30. The molecule has 0 bridgehead atoms. The molecule has 1 rings (SSSR count). The molecular weight excluding hydrogens is 214 g/mol. The first kappa shape index (κ1) is 14.2. The van der Waals surface area contributed by atoms with Gasteiger partial charge in [0.15, 0.2) is 0 Å². The molecule has 4 heteroatoms. The number of carbonyl (C=O) groups excluding carboxylic acids is 1. The molecular formula is C13H25N3O. The lowest BCUT2D eigenvalue weighted by Gasteiger charge is -2.28. The molecule has 0 saturated heterocycles. The van der Waals surface area contributed by atoms with Gasteiger partial charge in [0.1, 0.15) is 0 Å². The molecule has 1 amide bonds. The van der Waals surface area contributed by atoms with E-state index in [-0.39, 0.29) is 17.9 Å². The second-order valence-electron chi connectivity index (χ2n) is 5.41. The highest BCUT2D eigenvalue weighted by Crippen LogP contribution is 2.16. The fraction of sp³-hybridized carbons (Fsp3) is 0.769. The summed E-state index contributed by atoms with van der Waals surface area (Å²) in [4.78, 5) is 14.1. The zero-order valence-electron chi connectivity index (χ0n) is 11.3. The summed E-state index contributed by atoms with van der Waals surface area (Å²) in [6.07, 6.45) is 4.57. The van der Waals surface area contributed by atoms with Crippen molar-refractivity contribution < 1.29 is 4.79 Å². The standard InChI is InChI=1S/C13H25N3O/c1-9(2)12(16(3)4)8-15-13(17)10-5-6-11(14)7-10/h5-6,9-12H,7-8,14H2,1-4H3,(H,15,17). The van der Waals surface area contributed by atoms with E-state index in [1.165, 1.54) is 0 Å². The van der Waals surface area contributed by atoms with E-state index in [1.807, 2.05) is 26.2 Å². The third-order valence-corrected chi connectivity index (χ3v) is 3.37. The Balaban J connectivity index is 2.39. The Bertz CT molecular complexity index is 278. The van der Waals surface area contributed by atoms with Gasteiger partial charge in [0.2, 0.25) is 5.91 Å². The minimum atomic E-state index is -0.0417. The number of nitrogens with one attached hydrogen (secondary N) is 1. The van der Waals surface area contributed by atoms with Crippen LogP contribution in [0.15, 0.2) is 12.2 Å². The molecule has 0 aromatic rings. The molecule has 1 aliphatic rings. The first-order chi connectivity index (χ1) is 7.91. The third kappa shape index (κ3) is 4.13. The van der Waals surface area contributed by atoms with Crippen molar-refractivity contribution in [1.29, 1.82) is 0 Å². The Kier molecular flexibility index (Phi) is 5.15. The molecule has 0 spiro atoms. The molecule has 0 heterocycles. The normalized spacial score (nSPS) is 25.6. The van der Waals surface area contributed by atoms with Crippen LogP contribution in [0, 0.1) is 11.8 Å². The van der Waals surface area contributed by atoms with E-state index in [9.17, 15) is 4.79 Å². The molecule has 0 aromatic heterocycles. The van der Waals surface area contributed by atoms with Crippen LogP contribution in [-0.2, 0) is 4.79 Å². The van der Waals surface area contributed by atoms with Crippen molar-refractivity contribution in [2.24, 2.45) is 17.6 Å². The van der Waals surface area contributed by atoms with Crippen LogP contribution in [0.4, 0.5) is 0 Å². The van der Waals surface area contributed by atoms with Gasteiger partial charge < -0.3 is 16.0 Å². The summed E-state index contributed by atoms with van der Waals surface area (Å²) in [6.45, 7) is 5.04. The van der Waals surface area contributed by atoms with Gasteiger partial charge in [0.25, 0.3) is 0 Å². The van der Waals surface area contributed by atoms with Gasteiger partial charge in [-0.15, -0.1) is 0 Å². The van der Waals surface area contributed by atoms with Crippen LogP contribution in [0.1, 0.15) is 20.3 Å². The number of amides is 1. The van der Waals surface area contributed by atoms with Gasteiger partial charge in [-0.25, -0.2) is 0 Å². The highest BCUT2D eigenvalue weighted by Gasteiger charge is 2.24. The smallest absolute Gasteiger partial charge is 0.227 e. The van der Waals surface area contributed by atoms with Crippen LogP contribution in [0.2, 0.25) is 0 Å². The number of nitrogens with zero attached hydrogens (tertiary/aromatic N) is 1. The Morgan fingerprint density at radius 3 is 2.53 bits per heavy atom. The van der Waals surface area contributed by atoms with E-state index in [4.69, 9.17) is 5.73 Å². The Labute approximate surface area is 104 Å². The van der Waals surface area contributed by atoms with Crippen molar-refractivity contribution in [3.8, 4) is 0 Å². The summed E-state index contributed by atoms with van der Waals surface area (Å²) in [7, 11) is 4.09. The predicted molar refractivity (Wildman–Crippen MR) is 70.5 cm³/mol. The molecule has 3 unspecified atom stereocenters. The van der Waals surface area contributed by atoms with Crippen LogP contribution < -0.4 is 11.1 Å². The van der Waals surface area contributed by atoms with Crippen molar-refractivity contribution in [2.45, 2.75) is 32.4 Å². The fourth-order valence-corrected chi connectivity index (χ4v) is 2.27. The Hall–Kier alpha value is -0.870.